The van der Waals surface area contributed by atoms with E-state index in [1.165, 1.54) is 0 Å². The predicted molar refractivity (Wildman–Crippen MR) is 92.3 cm³/mol. The van der Waals surface area contributed by atoms with Gasteiger partial charge in [0.2, 0.25) is 5.91 Å². The molecule has 0 aliphatic rings. The van der Waals surface area contributed by atoms with Crippen LogP contribution in [0.4, 0.5) is 5.69 Å². The van der Waals surface area contributed by atoms with Crippen molar-refractivity contribution in [2.45, 2.75) is 26.3 Å². The van der Waals surface area contributed by atoms with Crippen LogP contribution in [0.15, 0.2) is 48.5 Å². The minimum absolute atomic E-state index is 0.0401. The van der Waals surface area contributed by atoms with Crippen molar-refractivity contribution in [3.63, 3.8) is 0 Å². The van der Waals surface area contributed by atoms with Crippen LogP contribution >= 0.6 is 11.6 Å². The number of para-hydroxylation sites is 1. The molecule has 0 aromatic heterocycles. The van der Waals surface area contributed by atoms with Crippen molar-refractivity contribution >= 4 is 23.2 Å². The molecule has 1 amide bonds. The van der Waals surface area contributed by atoms with Crippen LogP contribution in [0.2, 0.25) is 5.02 Å². The highest BCUT2D eigenvalue weighted by molar-refractivity contribution is 6.30. The number of carbonyl (C=O) groups excluding carboxylic acids is 1. The smallest absolute Gasteiger partial charge is 0.238 e. The number of amides is 1. The molecule has 0 spiro atoms. The van der Waals surface area contributed by atoms with Crippen LogP contribution in [0.5, 0.6) is 0 Å². The third-order valence-electron chi connectivity index (χ3n) is 3.61. The Kier molecular flexibility index (Phi) is 5.99. The lowest BCUT2D eigenvalue weighted by molar-refractivity contribution is -0.115. The number of rotatable bonds is 6. The van der Waals surface area contributed by atoms with E-state index in [9.17, 15) is 4.79 Å². The Balaban J connectivity index is 1.88. The second-order valence-corrected chi connectivity index (χ2v) is 5.65. The molecule has 0 aliphatic heterocycles. The summed E-state index contributed by atoms with van der Waals surface area (Å²) in [6, 6.07) is 15.6. The monoisotopic (exact) mass is 316 g/mol. The van der Waals surface area contributed by atoms with Gasteiger partial charge in [-0.2, -0.15) is 0 Å². The minimum Gasteiger partial charge on any atom is -0.325 e. The van der Waals surface area contributed by atoms with E-state index in [0.717, 1.165) is 23.2 Å². The first-order valence-corrected chi connectivity index (χ1v) is 7.84. The molecule has 0 unspecified atom stereocenters. The summed E-state index contributed by atoms with van der Waals surface area (Å²) in [7, 11) is 0. The van der Waals surface area contributed by atoms with E-state index in [1.807, 2.05) is 55.5 Å². The molecule has 0 radical (unpaired) electrons. The minimum atomic E-state index is -0.0401. The van der Waals surface area contributed by atoms with Crippen LogP contribution in [0.25, 0.3) is 0 Å². The number of anilines is 1. The zero-order valence-corrected chi connectivity index (χ0v) is 13.7. The number of halogens is 1. The Bertz CT molecular complexity index is 625. The Morgan fingerprint density at radius 2 is 1.82 bits per heavy atom. The molecule has 2 rings (SSSR count). The zero-order valence-electron chi connectivity index (χ0n) is 12.9. The Labute approximate surface area is 136 Å². The Hall–Kier alpha value is -1.84. The van der Waals surface area contributed by atoms with E-state index in [0.29, 0.717) is 5.02 Å². The first-order chi connectivity index (χ1) is 10.6. The maximum Gasteiger partial charge on any atom is 0.238 e. The summed E-state index contributed by atoms with van der Waals surface area (Å²) in [6.45, 7) is 4.37. The predicted octanol–water partition coefficient (Wildman–Crippen LogP) is 4.19. The zero-order chi connectivity index (χ0) is 15.9. The molecule has 3 nitrogen and oxygen atoms in total. The van der Waals surface area contributed by atoms with Crippen LogP contribution in [0, 0.1) is 0 Å². The normalized spacial score (nSPS) is 12.0. The van der Waals surface area contributed by atoms with Gasteiger partial charge in [-0.05, 0) is 42.7 Å². The van der Waals surface area contributed by atoms with E-state index in [-0.39, 0.29) is 18.5 Å². The molecule has 2 aromatic rings. The number of benzene rings is 2. The topological polar surface area (TPSA) is 41.1 Å². The fraction of sp³-hybridized carbons (Fsp3) is 0.278. The molecule has 4 heteroatoms. The van der Waals surface area contributed by atoms with Crippen molar-refractivity contribution < 1.29 is 4.79 Å². The van der Waals surface area contributed by atoms with Crippen LogP contribution in [-0.2, 0) is 11.2 Å². The summed E-state index contributed by atoms with van der Waals surface area (Å²) in [6.07, 6.45) is 0.894. The summed E-state index contributed by atoms with van der Waals surface area (Å²) in [5.41, 5.74) is 3.13. The van der Waals surface area contributed by atoms with Gasteiger partial charge in [-0.15, -0.1) is 0 Å². The average molecular weight is 317 g/mol. The fourth-order valence-electron chi connectivity index (χ4n) is 2.26. The van der Waals surface area contributed by atoms with Gasteiger partial charge in [0.05, 0.1) is 6.54 Å². The van der Waals surface area contributed by atoms with E-state index < -0.39 is 0 Å². The van der Waals surface area contributed by atoms with E-state index in [2.05, 4.69) is 17.6 Å². The first-order valence-electron chi connectivity index (χ1n) is 7.46. The van der Waals surface area contributed by atoms with Crippen molar-refractivity contribution in [3.05, 3.63) is 64.7 Å². The van der Waals surface area contributed by atoms with Gasteiger partial charge in [-0.3, -0.25) is 4.79 Å². The van der Waals surface area contributed by atoms with Gasteiger partial charge in [0, 0.05) is 16.8 Å². The summed E-state index contributed by atoms with van der Waals surface area (Å²) >= 11 is 5.88. The Morgan fingerprint density at radius 1 is 1.14 bits per heavy atom. The highest BCUT2D eigenvalue weighted by Gasteiger charge is 2.09. The van der Waals surface area contributed by atoms with Gasteiger partial charge in [0.25, 0.3) is 0 Å². The molecule has 2 aromatic carbocycles. The molecule has 0 saturated carbocycles. The lowest BCUT2D eigenvalue weighted by Crippen LogP contribution is -2.30. The van der Waals surface area contributed by atoms with Gasteiger partial charge in [-0.25, -0.2) is 0 Å². The Morgan fingerprint density at radius 3 is 2.50 bits per heavy atom. The van der Waals surface area contributed by atoms with E-state index in [1.54, 1.807) is 0 Å². The molecule has 2 N–H and O–H groups in total. The molecule has 22 heavy (non-hydrogen) atoms. The maximum absolute atomic E-state index is 12.1. The van der Waals surface area contributed by atoms with Crippen molar-refractivity contribution in [1.82, 2.24) is 5.32 Å². The number of carbonyl (C=O) groups is 1. The second-order valence-electron chi connectivity index (χ2n) is 5.21. The first kappa shape index (κ1) is 16.5. The molecule has 0 saturated heterocycles. The molecule has 0 fully saturated rings. The molecule has 0 heterocycles. The summed E-state index contributed by atoms with van der Waals surface area (Å²) in [5.74, 6) is -0.0401. The fourth-order valence-corrected chi connectivity index (χ4v) is 2.39. The van der Waals surface area contributed by atoms with E-state index >= 15 is 0 Å². The molecule has 0 bridgehead atoms. The highest BCUT2D eigenvalue weighted by Crippen LogP contribution is 2.17. The molecule has 116 valence electrons. The van der Waals surface area contributed by atoms with Crippen molar-refractivity contribution in [2.24, 2.45) is 0 Å². The summed E-state index contributed by atoms with van der Waals surface area (Å²) in [4.78, 5) is 12.1. The lowest BCUT2D eigenvalue weighted by Gasteiger charge is -2.15. The van der Waals surface area contributed by atoms with Gasteiger partial charge in [0.15, 0.2) is 0 Å². The van der Waals surface area contributed by atoms with Crippen molar-refractivity contribution in [2.75, 3.05) is 11.9 Å². The third kappa shape index (κ3) is 4.58. The van der Waals surface area contributed by atoms with Gasteiger partial charge < -0.3 is 10.6 Å². The highest BCUT2D eigenvalue weighted by atomic mass is 35.5. The molecule has 0 aliphatic carbocycles. The quantitative estimate of drug-likeness (QED) is 0.839. The van der Waals surface area contributed by atoms with Crippen LogP contribution in [-0.4, -0.2) is 12.5 Å². The van der Waals surface area contributed by atoms with Crippen molar-refractivity contribution in [1.29, 1.82) is 0 Å². The standard InChI is InChI=1S/C18H21ClN2O/c1-3-14-6-4-5-7-17(14)21-18(22)12-20-13(2)15-8-10-16(19)11-9-15/h4-11,13,20H,3,12H2,1-2H3,(H,21,22)/t13-/m0/s1. The molecule has 1 atom stereocenters. The SMILES string of the molecule is CCc1ccccc1NC(=O)CN[C@@H](C)c1ccc(Cl)cc1. The van der Waals surface area contributed by atoms with Crippen LogP contribution in [0.3, 0.4) is 0 Å². The summed E-state index contributed by atoms with van der Waals surface area (Å²) in [5, 5.41) is 6.89. The molecular weight excluding hydrogens is 296 g/mol. The lowest BCUT2D eigenvalue weighted by atomic mass is 10.1. The van der Waals surface area contributed by atoms with Crippen LogP contribution < -0.4 is 10.6 Å². The van der Waals surface area contributed by atoms with Crippen LogP contribution in [0.1, 0.15) is 31.0 Å². The third-order valence-corrected chi connectivity index (χ3v) is 3.86. The number of nitrogens with one attached hydrogen (secondary N) is 2. The van der Waals surface area contributed by atoms with Crippen molar-refractivity contribution in [3.8, 4) is 0 Å². The number of hydrogen-bond donors (Lipinski definition) is 2. The summed E-state index contributed by atoms with van der Waals surface area (Å²) < 4.78 is 0. The number of hydrogen-bond acceptors (Lipinski definition) is 2. The largest absolute Gasteiger partial charge is 0.325 e. The second kappa shape index (κ2) is 7.97. The van der Waals surface area contributed by atoms with Gasteiger partial charge >= 0.3 is 0 Å². The number of aryl methyl sites for hydroxylation is 1. The van der Waals surface area contributed by atoms with E-state index in [4.69, 9.17) is 11.6 Å². The average Bonchev–Trinajstić information content (AvgIpc) is 2.54. The maximum atomic E-state index is 12.1. The molecular formula is C18H21ClN2O. The van der Waals surface area contributed by atoms with Gasteiger partial charge in [0.1, 0.15) is 0 Å². The van der Waals surface area contributed by atoms with Gasteiger partial charge in [-0.1, -0.05) is 48.9 Å².